The number of nitrogens with zero attached hydrogens (tertiary/aromatic N) is 4. The van der Waals surface area contributed by atoms with Crippen molar-refractivity contribution in [2.75, 3.05) is 50.1 Å². The van der Waals surface area contributed by atoms with Crippen molar-refractivity contribution >= 4 is 46.1 Å². The number of likely N-dealkylation sites (N-methyl/N-ethyl adjacent to an activating group) is 1. The molecular formula is C48H50F6N4O4S2. The zero-order valence-corrected chi connectivity index (χ0v) is 37.8. The number of pyridine rings is 1. The van der Waals surface area contributed by atoms with Crippen molar-refractivity contribution in [2.24, 2.45) is 0 Å². The minimum Gasteiger partial charge on any atom is -0.458 e. The first-order chi connectivity index (χ1) is 30.2. The molecule has 340 valence electrons. The lowest BCUT2D eigenvalue weighted by molar-refractivity contribution is -0.166. The zero-order valence-electron chi connectivity index (χ0n) is 36.1. The fraction of sp³-hybridized carbons (Fsp3) is 0.396. The Labute approximate surface area is 377 Å². The average Bonchev–Trinajstić information content (AvgIpc) is 4.08. The van der Waals surface area contributed by atoms with Gasteiger partial charge >= 0.3 is 18.3 Å². The molecule has 16 heteroatoms. The third-order valence-electron chi connectivity index (χ3n) is 11.5. The van der Waals surface area contributed by atoms with Crippen LogP contribution in [0.5, 0.6) is 0 Å². The van der Waals surface area contributed by atoms with Gasteiger partial charge in [0.2, 0.25) is 11.5 Å². The van der Waals surface area contributed by atoms with Gasteiger partial charge in [0.15, 0.2) is 0 Å². The molecule has 1 aliphatic rings. The van der Waals surface area contributed by atoms with E-state index in [0.29, 0.717) is 64.9 Å². The normalized spacial score (nSPS) is 14.8. The Kier molecular flexibility index (Phi) is 15.0. The number of carbonyl (C=O) groups excluding carboxylic acids is 2. The first kappa shape index (κ1) is 48.3. The second-order valence-corrected chi connectivity index (χ2v) is 18.4. The maximum absolute atomic E-state index is 14.1. The Bertz CT molecular complexity index is 2390. The molecular weight excluding hydrogens is 875 g/mol. The molecule has 5 aromatic rings. The van der Waals surface area contributed by atoms with Gasteiger partial charge in [0.05, 0.1) is 44.7 Å². The van der Waals surface area contributed by atoms with Crippen molar-refractivity contribution < 1.29 is 45.8 Å². The van der Waals surface area contributed by atoms with E-state index in [0.717, 1.165) is 43.5 Å². The van der Waals surface area contributed by atoms with E-state index in [2.05, 4.69) is 21.7 Å². The fourth-order valence-electron chi connectivity index (χ4n) is 7.67. The number of benzene rings is 2. The number of halogens is 6. The topological polar surface area (TPSA) is 86.2 Å². The van der Waals surface area contributed by atoms with Gasteiger partial charge in [-0.2, -0.15) is 26.3 Å². The number of likely N-dealkylation sites (tertiary alicyclic amines) is 1. The van der Waals surface area contributed by atoms with Crippen LogP contribution in [0, 0.1) is 18.8 Å². The number of anilines is 2. The van der Waals surface area contributed by atoms with E-state index in [9.17, 15) is 41.0 Å². The Hall–Kier alpha value is -5.21. The van der Waals surface area contributed by atoms with Crippen molar-refractivity contribution in [2.45, 2.75) is 82.3 Å². The zero-order chi connectivity index (χ0) is 46.5. The Morgan fingerprint density at radius 2 is 1.47 bits per heavy atom. The van der Waals surface area contributed by atoms with Crippen LogP contribution < -0.4 is 9.80 Å². The lowest BCUT2D eigenvalue weighted by Crippen LogP contribution is -2.42. The number of thiophene rings is 2. The third-order valence-corrected chi connectivity index (χ3v) is 13.4. The van der Waals surface area contributed by atoms with Gasteiger partial charge in [0.1, 0.15) is 11.9 Å². The highest BCUT2D eigenvalue weighted by atomic mass is 32.1. The fourth-order valence-corrected chi connectivity index (χ4v) is 9.38. The number of unbranched alkanes of at least 4 members (excludes halogenated alkanes) is 3. The van der Waals surface area contributed by atoms with Gasteiger partial charge in [0, 0.05) is 39.2 Å². The van der Waals surface area contributed by atoms with Crippen molar-refractivity contribution in [3.63, 3.8) is 0 Å². The van der Waals surface area contributed by atoms with E-state index in [1.54, 1.807) is 30.3 Å². The summed E-state index contributed by atoms with van der Waals surface area (Å²) in [5, 5.41) is 15.2. The van der Waals surface area contributed by atoms with E-state index >= 15 is 0 Å². The SMILES string of the molecule is Cc1ccccc1-c1cc(N(C)CC#CCCCCCN2CC[C@@H](OC(=O)C(O)(c3cccs3)c3cccs3)C2)ncc1N(C)C(=O)C(C)(C)c1cc(C(F)(F)F)cc(C(F)(F)F)c1. The van der Waals surface area contributed by atoms with Crippen molar-refractivity contribution in [3.8, 4) is 23.0 Å². The summed E-state index contributed by atoms with van der Waals surface area (Å²) in [5.41, 5.74) is -4.50. The summed E-state index contributed by atoms with van der Waals surface area (Å²) >= 11 is 2.63. The molecule has 8 nitrogen and oxygen atoms in total. The number of aryl methyl sites for hydroxylation is 1. The van der Waals surface area contributed by atoms with Gasteiger partial charge in [-0.25, -0.2) is 9.78 Å². The van der Waals surface area contributed by atoms with E-state index in [1.165, 1.54) is 54.7 Å². The number of aromatic nitrogens is 1. The molecule has 4 heterocycles. The summed E-state index contributed by atoms with van der Waals surface area (Å²) < 4.78 is 88.4. The Morgan fingerprint density at radius 3 is 2.06 bits per heavy atom. The maximum Gasteiger partial charge on any atom is 0.416 e. The van der Waals surface area contributed by atoms with Crippen molar-refractivity contribution in [3.05, 3.63) is 122 Å². The highest BCUT2D eigenvalue weighted by molar-refractivity contribution is 7.12. The van der Waals surface area contributed by atoms with Crippen molar-refractivity contribution in [1.82, 2.24) is 9.88 Å². The lowest BCUT2D eigenvalue weighted by Gasteiger charge is -2.32. The summed E-state index contributed by atoms with van der Waals surface area (Å²) in [4.78, 5) is 38.5. The smallest absolute Gasteiger partial charge is 0.416 e. The number of aliphatic hydroxyl groups is 1. The molecule has 3 aromatic heterocycles. The Morgan fingerprint density at radius 1 is 0.844 bits per heavy atom. The first-order valence-corrected chi connectivity index (χ1v) is 22.5. The molecule has 0 bridgehead atoms. The second kappa shape index (κ2) is 19.9. The molecule has 6 rings (SSSR count). The summed E-state index contributed by atoms with van der Waals surface area (Å²) in [6.07, 6.45) is -4.74. The van der Waals surface area contributed by atoms with Crippen LogP contribution in [0.3, 0.4) is 0 Å². The number of carbonyl (C=O) groups is 2. The molecule has 1 fully saturated rings. The van der Waals surface area contributed by atoms with Gasteiger partial charge < -0.3 is 19.6 Å². The molecule has 0 saturated carbocycles. The number of hydrogen-bond acceptors (Lipinski definition) is 9. The molecule has 0 spiro atoms. The van der Waals surface area contributed by atoms with Crippen LogP contribution in [0.1, 0.15) is 78.0 Å². The van der Waals surface area contributed by atoms with Crippen LogP contribution in [-0.4, -0.2) is 73.2 Å². The molecule has 1 atom stereocenters. The summed E-state index contributed by atoms with van der Waals surface area (Å²) in [6.45, 7) is 7.11. The molecule has 0 radical (unpaired) electrons. The summed E-state index contributed by atoms with van der Waals surface area (Å²) in [6, 6.07) is 17.6. The number of esters is 1. The number of alkyl halides is 6. The molecule has 1 saturated heterocycles. The van der Waals surface area contributed by atoms with Gasteiger partial charge in [0.25, 0.3) is 0 Å². The van der Waals surface area contributed by atoms with Crippen LogP contribution in [-0.2, 0) is 37.7 Å². The van der Waals surface area contributed by atoms with E-state index in [-0.39, 0.29) is 12.2 Å². The highest BCUT2D eigenvalue weighted by Gasteiger charge is 2.46. The van der Waals surface area contributed by atoms with Crippen LogP contribution in [0.2, 0.25) is 0 Å². The minimum absolute atomic E-state index is 0.0474. The Balaban J connectivity index is 1.04. The molecule has 2 aromatic carbocycles. The first-order valence-electron chi connectivity index (χ1n) is 20.8. The third kappa shape index (κ3) is 11.0. The minimum atomic E-state index is -5.07. The van der Waals surface area contributed by atoms with E-state index < -0.39 is 51.9 Å². The van der Waals surface area contributed by atoms with E-state index in [1.807, 2.05) is 53.9 Å². The molecule has 1 amide bonds. The molecule has 0 unspecified atom stereocenters. The van der Waals surface area contributed by atoms with E-state index in [4.69, 9.17) is 4.74 Å². The van der Waals surface area contributed by atoms with Gasteiger partial charge in [-0.15, -0.1) is 28.6 Å². The average molecular weight is 925 g/mol. The highest BCUT2D eigenvalue weighted by Crippen LogP contribution is 2.42. The van der Waals surface area contributed by atoms with Crippen LogP contribution in [0.15, 0.2) is 89.8 Å². The van der Waals surface area contributed by atoms with Gasteiger partial charge in [-0.1, -0.05) is 48.7 Å². The van der Waals surface area contributed by atoms with Gasteiger partial charge in [-0.3, -0.25) is 9.69 Å². The number of rotatable bonds is 15. The number of ether oxygens (including phenoxy) is 1. The molecule has 64 heavy (non-hydrogen) atoms. The predicted octanol–water partition coefficient (Wildman–Crippen LogP) is 10.7. The maximum atomic E-state index is 14.1. The van der Waals surface area contributed by atoms with Crippen LogP contribution in [0.4, 0.5) is 37.8 Å². The molecule has 1 N–H and O–H groups in total. The predicted molar refractivity (Wildman–Crippen MR) is 239 cm³/mol. The molecule has 0 aliphatic carbocycles. The summed E-state index contributed by atoms with van der Waals surface area (Å²) in [7, 11) is 3.25. The van der Waals surface area contributed by atoms with Crippen LogP contribution >= 0.6 is 22.7 Å². The molecule has 1 aliphatic heterocycles. The monoisotopic (exact) mass is 924 g/mol. The standard InChI is InChI=1S/C48H50F6N4O4S2/c1-32-16-10-11-17-37(32)38-29-42(55-30-39(38)57(5)43(59)45(2,3)33-26-34(47(49,50)51)28-35(27-33)48(52,53)54)56(4)21-12-8-6-7-9-13-22-58-23-20-36(31-58)62-44(60)46(61,40-18-14-24-63-40)41-19-15-25-64-41/h10-11,14-19,24-30,36,61H,6-7,9,13,20-23,31H2,1-5H3/t36-/m1/s1. The van der Waals surface area contributed by atoms with Gasteiger partial charge in [-0.05, 0) is 110 Å². The summed E-state index contributed by atoms with van der Waals surface area (Å²) in [5.74, 6) is 5.59. The lowest BCUT2D eigenvalue weighted by atomic mass is 9.81. The van der Waals surface area contributed by atoms with Crippen molar-refractivity contribution in [1.29, 1.82) is 0 Å². The number of hydrogen-bond donors (Lipinski definition) is 1. The quantitative estimate of drug-likeness (QED) is 0.0484. The second-order valence-electron chi connectivity index (χ2n) is 16.5. The largest absolute Gasteiger partial charge is 0.458 e. The number of amides is 1. The van der Waals surface area contributed by atoms with Crippen LogP contribution in [0.25, 0.3) is 11.1 Å².